The highest BCUT2D eigenvalue weighted by molar-refractivity contribution is 7.92. The molecule has 0 heterocycles. The third kappa shape index (κ3) is 8.55. The van der Waals surface area contributed by atoms with Crippen LogP contribution in [-0.2, 0) is 32.6 Å². The SMILES string of the molecule is CC(C)NC(=O)[C@@H](Cc1ccccc1)N(Cc1c(Cl)cccc1Cl)C(=O)CN(c1ccc(F)c(Cl)c1)S(=O)(=O)c1ccccc1. The van der Waals surface area contributed by atoms with Gasteiger partial charge in [-0.05, 0) is 61.9 Å². The van der Waals surface area contributed by atoms with Crippen molar-refractivity contribution in [2.75, 3.05) is 10.8 Å². The minimum atomic E-state index is -4.37. The van der Waals surface area contributed by atoms with Crippen molar-refractivity contribution in [2.24, 2.45) is 0 Å². The van der Waals surface area contributed by atoms with Crippen LogP contribution in [0.15, 0.2) is 102 Å². The Hall–Kier alpha value is -3.63. The van der Waals surface area contributed by atoms with Gasteiger partial charge in [-0.3, -0.25) is 13.9 Å². The fraction of sp³-hybridized carbons (Fsp3) is 0.212. The van der Waals surface area contributed by atoms with Gasteiger partial charge in [-0.2, -0.15) is 0 Å². The third-order valence-electron chi connectivity index (χ3n) is 6.89. The number of sulfonamides is 1. The molecule has 0 aromatic heterocycles. The Labute approximate surface area is 277 Å². The van der Waals surface area contributed by atoms with E-state index < -0.39 is 40.2 Å². The number of amides is 2. The quantitative estimate of drug-likeness (QED) is 0.171. The fourth-order valence-corrected chi connectivity index (χ4v) is 6.80. The van der Waals surface area contributed by atoms with Crippen LogP contribution >= 0.6 is 34.8 Å². The van der Waals surface area contributed by atoms with Crippen molar-refractivity contribution in [1.82, 2.24) is 10.2 Å². The number of rotatable bonds is 12. The highest BCUT2D eigenvalue weighted by Crippen LogP contribution is 2.30. The van der Waals surface area contributed by atoms with Crippen molar-refractivity contribution >= 4 is 62.3 Å². The predicted molar refractivity (Wildman–Crippen MR) is 177 cm³/mol. The largest absolute Gasteiger partial charge is 0.352 e. The van der Waals surface area contributed by atoms with Gasteiger partial charge in [0, 0.05) is 34.6 Å². The van der Waals surface area contributed by atoms with Crippen molar-refractivity contribution in [3.8, 4) is 0 Å². The summed E-state index contributed by atoms with van der Waals surface area (Å²) in [5.41, 5.74) is 1.11. The Morgan fingerprint density at radius 2 is 1.42 bits per heavy atom. The van der Waals surface area contributed by atoms with Gasteiger partial charge in [0.05, 0.1) is 15.6 Å². The zero-order valence-corrected chi connectivity index (χ0v) is 27.5. The molecule has 0 aliphatic carbocycles. The van der Waals surface area contributed by atoms with Crippen molar-refractivity contribution < 1.29 is 22.4 Å². The van der Waals surface area contributed by atoms with Crippen LogP contribution in [0, 0.1) is 5.82 Å². The Morgan fingerprint density at radius 3 is 2.00 bits per heavy atom. The maximum absolute atomic E-state index is 14.5. The van der Waals surface area contributed by atoms with Crippen LogP contribution in [0.2, 0.25) is 15.1 Å². The zero-order chi connectivity index (χ0) is 32.7. The van der Waals surface area contributed by atoms with E-state index in [0.29, 0.717) is 5.56 Å². The van der Waals surface area contributed by atoms with E-state index in [0.717, 1.165) is 22.0 Å². The fourth-order valence-electron chi connectivity index (χ4n) is 4.68. The van der Waals surface area contributed by atoms with Gasteiger partial charge in [-0.25, -0.2) is 12.8 Å². The summed E-state index contributed by atoms with van der Waals surface area (Å²) in [6, 6.07) is 23.5. The Balaban J connectivity index is 1.85. The number of hydrogen-bond donors (Lipinski definition) is 1. The van der Waals surface area contributed by atoms with Gasteiger partial charge in [0.1, 0.15) is 18.4 Å². The standard InChI is InChI=1S/C33H31Cl3FN3O4S/c1-22(2)38-33(42)31(18-23-10-5-3-6-11-23)39(20-26-27(34)14-9-15-28(26)35)32(41)21-40(24-16-17-30(37)29(36)19-24)45(43,44)25-12-7-4-8-13-25/h3-17,19,22,31H,18,20-21H2,1-2H3,(H,38,42)/t31-/m1/s1. The predicted octanol–water partition coefficient (Wildman–Crippen LogP) is 7.15. The molecule has 0 saturated heterocycles. The van der Waals surface area contributed by atoms with E-state index >= 15 is 0 Å². The smallest absolute Gasteiger partial charge is 0.264 e. The van der Waals surface area contributed by atoms with E-state index in [1.54, 1.807) is 50.2 Å². The Kier molecular flexibility index (Phi) is 11.5. The van der Waals surface area contributed by atoms with Gasteiger partial charge in [0.2, 0.25) is 11.8 Å². The molecule has 0 radical (unpaired) electrons. The van der Waals surface area contributed by atoms with E-state index in [9.17, 15) is 22.4 Å². The molecular weight excluding hydrogens is 660 g/mol. The number of nitrogens with zero attached hydrogens (tertiary/aromatic N) is 2. The lowest BCUT2D eigenvalue weighted by molar-refractivity contribution is -0.140. The first-order valence-electron chi connectivity index (χ1n) is 14.0. The van der Waals surface area contributed by atoms with Crippen molar-refractivity contribution in [3.63, 3.8) is 0 Å². The molecule has 0 aliphatic rings. The monoisotopic (exact) mass is 689 g/mol. The topological polar surface area (TPSA) is 86.8 Å². The highest BCUT2D eigenvalue weighted by atomic mass is 35.5. The van der Waals surface area contributed by atoms with E-state index in [1.807, 2.05) is 30.3 Å². The number of carbonyl (C=O) groups is 2. The molecular formula is C33H31Cl3FN3O4S. The molecule has 7 nitrogen and oxygen atoms in total. The first-order chi connectivity index (χ1) is 21.4. The number of carbonyl (C=O) groups excluding carboxylic acids is 2. The summed E-state index contributed by atoms with van der Waals surface area (Å²) in [7, 11) is -4.37. The lowest BCUT2D eigenvalue weighted by Crippen LogP contribution is -2.54. The average Bonchev–Trinajstić information content (AvgIpc) is 3.00. The van der Waals surface area contributed by atoms with Gasteiger partial charge in [0.25, 0.3) is 10.0 Å². The molecule has 0 saturated carbocycles. The summed E-state index contributed by atoms with van der Waals surface area (Å²) in [5, 5.41) is 3.08. The number of halogens is 4. The van der Waals surface area contributed by atoms with Gasteiger partial charge in [0.15, 0.2) is 0 Å². The first-order valence-corrected chi connectivity index (χ1v) is 16.6. The molecule has 12 heteroatoms. The lowest BCUT2D eigenvalue weighted by Gasteiger charge is -2.34. The van der Waals surface area contributed by atoms with E-state index in [1.165, 1.54) is 23.1 Å². The number of anilines is 1. The van der Waals surface area contributed by atoms with E-state index in [4.69, 9.17) is 34.8 Å². The zero-order valence-electron chi connectivity index (χ0n) is 24.5. The first kappa shape index (κ1) is 34.2. The van der Waals surface area contributed by atoms with Gasteiger partial charge < -0.3 is 10.2 Å². The normalized spacial score (nSPS) is 12.1. The van der Waals surface area contributed by atoms with Crippen molar-refractivity contribution in [3.05, 3.63) is 129 Å². The van der Waals surface area contributed by atoms with Crippen molar-refractivity contribution in [1.29, 1.82) is 0 Å². The van der Waals surface area contributed by atoms with Crippen LogP contribution < -0.4 is 9.62 Å². The lowest BCUT2D eigenvalue weighted by atomic mass is 10.0. The third-order valence-corrected chi connectivity index (χ3v) is 9.68. The second kappa shape index (κ2) is 15.1. The van der Waals surface area contributed by atoms with E-state index in [2.05, 4.69) is 5.32 Å². The molecule has 0 spiro atoms. The molecule has 236 valence electrons. The van der Waals surface area contributed by atoms with Crippen LogP contribution in [0.1, 0.15) is 25.0 Å². The molecule has 4 rings (SSSR count). The molecule has 0 aliphatic heterocycles. The maximum atomic E-state index is 14.5. The number of nitrogens with one attached hydrogen (secondary N) is 1. The molecule has 0 unspecified atom stereocenters. The summed E-state index contributed by atoms with van der Waals surface area (Å²) in [6.07, 6.45) is 0.112. The van der Waals surface area contributed by atoms with Gasteiger partial charge in [-0.1, -0.05) is 89.4 Å². The minimum Gasteiger partial charge on any atom is -0.352 e. The number of hydrogen-bond acceptors (Lipinski definition) is 4. The van der Waals surface area contributed by atoms with Crippen LogP contribution in [0.25, 0.3) is 0 Å². The molecule has 0 bridgehead atoms. The van der Waals surface area contributed by atoms with Crippen molar-refractivity contribution in [2.45, 2.75) is 43.8 Å². The average molecular weight is 691 g/mol. The van der Waals surface area contributed by atoms with Crippen LogP contribution in [0.5, 0.6) is 0 Å². The molecule has 1 N–H and O–H groups in total. The van der Waals surface area contributed by atoms with Crippen LogP contribution in [0.4, 0.5) is 10.1 Å². The summed E-state index contributed by atoms with van der Waals surface area (Å²) in [4.78, 5) is 29.4. The second-order valence-electron chi connectivity index (χ2n) is 10.5. The van der Waals surface area contributed by atoms with Gasteiger partial charge >= 0.3 is 0 Å². The summed E-state index contributed by atoms with van der Waals surface area (Å²) in [6.45, 7) is 2.63. The molecule has 45 heavy (non-hydrogen) atoms. The molecule has 1 atom stereocenters. The number of benzene rings is 4. The van der Waals surface area contributed by atoms with Crippen LogP contribution in [-0.4, -0.2) is 43.8 Å². The second-order valence-corrected chi connectivity index (χ2v) is 13.6. The molecule has 0 fully saturated rings. The highest BCUT2D eigenvalue weighted by Gasteiger charge is 2.35. The maximum Gasteiger partial charge on any atom is 0.264 e. The molecule has 4 aromatic rings. The van der Waals surface area contributed by atoms with E-state index in [-0.39, 0.29) is 44.7 Å². The Bertz CT molecular complexity index is 1740. The minimum absolute atomic E-state index is 0.0411. The molecule has 2 amide bonds. The summed E-state index contributed by atoms with van der Waals surface area (Å²) >= 11 is 19.1. The van der Waals surface area contributed by atoms with Crippen LogP contribution in [0.3, 0.4) is 0 Å². The Morgan fingerprint density at radius 1 is 0.822 bits per heavy atom. The summed E-state index contributed by atoms with van der Waals surface area (Å²) < 4.78 is 43.0. The van der Waals surface area contributed by atoms with Gasteiger partial charge in [-0.15, -0.1) is 0 Å². The molecule has 4 aromatic carbocycles. The summed E-state index contributed by atoms with van der Waals surface area (Å²) in [5.74, 6) is -1.94.